The number of pyridine rings is 1. The van der Waals surface area contributed by atoms with E-state index in [0.717, 1.165) is 25.7 Å². The first-order valence-electron chi connectivity index (χ1n) is 9.18. The molecule has 0 unspecified atom stereocenters. The first-order valence-corrected chi connectivity index (χ1v) is 9.55. The average Bonchev–Trinajstić information content (AvgIpc) is 3.20. The van der Waals surface area contributed by atoms with E-state index >= 15 is 0 Å². The number of nitrogens with one attached hydrogen (secondary N) is 2. The van der Waals surface area contributed by atoms with Crippen LogP contribution in [0.3, 0.4) is 0 Å². The number of hydrogen-bond acceptors (Lipinski definition) is 4. The van der Waals surface area contributed by atoms with E-state index in [1.165, 1.54) is 6.20 Å². The molecule has 3 aliphatic rings. The van der Waals surface area contributed by atoms with Crippen LogP contribution in [-0.2, 0) is 4.79 Å². The van der Waals surface area contributed by atoms with Crippen LogP contribution in [0, 0.1) is 5.92 Å². The summed E-state index contributed by atoms with van der Waals surface area (Å²) in [6.07, 6.45) is 6.80. The molecule has 0 radical (unpaired) electrons. The van der Waals surface area contributed by atoms with Crippen molar-refractivity contribution in [2.24, 2.45) is 11.7 Å². The fourth-order valence-corrected chi connectivity index (χ4v) is 5.06. The molecule has 27 heavy (non-hydrogen) atoms. The van der Waals surface area contributed by atoms with Gasteiger partial charge in [0.05, 0.1) is 10.6 Å². The summed E-state index contributed by atoms with van der Waals surface area (Å²) in [4.78, 5) is 41.9. The molecular weight excluding hydrogens is 370 g/mol. The lowest BCUT2D eigenvalue weighted by molar-refractivity contribution is -0.135. The van der Waals surface area contributed by atoms with Crippen molar-refractivity contribution in [3.05, 3.63) is 29.0 Å². The van der Waals surface area contributed by atoms with Crippen molar-refractivity contribution in [1.29, 1.82) is 0 Å². The molecule has 1 aromatic rings. The summed E-state index contributed by atoms with van der Waals surface area (Å²) in [7, 11) is 0. The molecule has 4 amide bonds. The summed E-state index contributed by atoms with van der Waals surface area (Å²) >= 11 is 6.09. The van der Waals surface area contributed by atoms with Crippen LogP contribution in [0.15, 0.2) is 18.5 Å². The van der Waals surface area contributed by atoms with Gasteiger partial charge in [-0.25, -0.2) is 4.79 Å². The van der Waals surface area contributed by atoms with Gasteiger partial charge < -0.3 is 21.3 Å². The van der Waals surface area contributed by atoms with Crippen LogP contribution < -0.4 is 16.4 Å². The van der Waals surface area contributed by atoms with Gasteiger partial charge in [0.1, 0.15) is 0 Å². The molecule has 4 rings (SSSR count). The number of amides is 4. The van der Waals surface area contributed by atoms with Gasteiger partial charge in [0, 0.05) is 48.9 Å². The van der Waals surface area contributed by atoms with Gasteiger partial charge in [0.25, 0.3) is 5.91 Å². The van der Waals surface area contributed by atoms with Crippen molar-refractivity contribution in [2.45, 2.75) is 49.7 Å². The second-order valence-electron chi connectivity index (χ2n) is 7.62. The summed E-state index contributed by atoms with van der Waals surface area (Å²) in [5.41, 5.74) is 5.23. The number of fused-ring (bicyclic) bond motifs is 4. The van der Waals surface area contributed by atoms with E-state index in [1.807, 2.05) is 4.90 Å². The van der Waals surface area contributed by atoms with Crippen LogP contribution >= 0.6 is 11.6 Å². The number of nitrogens with two attached hydrogens (primary N) is 1. The molecule has 0 aromatic carbocycles. The molecule has 0 spiro atoms. The predicted octanol–water partition coefficient (Wildman–Crippen LogP) is 1.05. The van der Waals surface area contributed by atoms with E-state index in [0.29, 0.717) is 10.6 Å². The van der Waals surface area contributed by atoms with E-state index in [1.54, 1.807) is 12.3 Å². The van der Waals surface area contributed by atoms with Gasteiger partial charge >= 0.3 is 6.03 Å². The number of primary amides is 1. The van der Waals surface area contributed by atoms with E-state index < -0.39 is 6.03 Å². The Kier molecular flexibility index (Phi) is 4.46. The number of aromatic nitrogens is 1. The van der Waals surface area contributed by atoms with Crippen molar-refractivity contribution in [3.63, 3.8) is 0 Å². The van der Waals surface area contributed by atoms with E-state index in [2.05, 4.69) is 15.6 Å². The van der Waals surface area contributed by atoms with Gasteiger partial charge in [-0.05, 0) is 31.7 Å². The normalized spacial score (nSPS) is 30.4. The number of piperidine rings is 1. The van der Waals surface area contributed by atoms with Crippen LogP contribution in [-0.4, -0.2) is 51.9 Å². The topological polar surface area (TPSA) is 117 Å². The minimum Gasteiger partial charge on any atom is -0.352 e. The number of halogens is 1. The Hall–Kier alpha value is -2.35. The van der Waals surface area contributed by atoms with Crippen LogP contribution in [0.25, 0.3) is 0 Å². The molecule has 3 heterocycles. The van der Waals surface area contributed by atoms with Gasteiger partial charge in [-0.3, -0.25) is 14.6 Å². The third-order valence-corrected chi connectivity index (χ3v) is 6.35. The lowest BCUT2D eigenvalue weighted by atomic mass is 9.96. The zero-order valence-electron chi connectivity index (χ0n) is 14.8. The maximum absolute atomic E-state index is 12.7. The summed E-state index contributed by atoms with van der Waals surface area (Å²) in [6.45, 7) is 0.247. The minimum absolute atomic E-state index is 0.0419. The molecule has 4 N–H and O–H groups in total. The predicted molar refractivity (Wildman–Crippen MR) is 98.0 cm³/mol. The third-order valence-electron chi connectivity index (χ3n) is 6.05. The number of nitrogens with zero attached hydrogens (tertiary/aromatic N) is 2. The zero-order valence-corrected chi connectivity index (χ0v) is 15.5. The molecule has 2 saturated heterocycles. The van der Waals surface area contributed by atoms with Crippen molar-refractivity contribution < 1.29 is 14.4 Å². The highest BCUT2D eigenvalue weighted by atomic mass is 35.5. The highest BCUT2D eigenvalue weighted by molar-refractivity contribution is 6.33. The smallest absolute Gasteiger partial charge is 0.312 e. The summed E-state index contributed by atoms with van der Waals surface area (Å²) in [5, 5.41) is 5.98. The Morgan fingerprint density at radius 1 is 1.33 bits per heavy atom. The molecule has 1 aromatic heterocycles. The van der Waals surface area contributed by atoms with Gasteiger partial charge in [-0.1, -0.05) is 11.6 Å². The number of carbonyl (C=O) groups is 3. The van der Waals surface area contributed by atoms with Gasteiger partial charge in [-0.2, -0.15) is 0 Å². The Labute approximate surface area is 161 Å². The summed E-state index contributed by atoms with van der Waals surface area (Å²) < 4.78 is 0. The maximum Gasteiger partial charge on any atom is 0.312 e. The molecule has 1 aliphatic carbocycles. The minimum atomic E-state index is -0.622. The second-order valence-corrected chi connectivity index (χ2v) is 8.03. The highest BCUT2D eigenvalue weighted by Gasteiger charge is 2.66. The zero-order chi connectivity index (χ0) is 19.2. The first kappa shape index (κ1) is 18.0. The number of urea groups is 1. The van der Waals surface area contributed by atoms with Gasteiger partial charge in [0.15, 0.2) is 0 Å². The third kappa shape index (κ3) is 3.22. The van der Waals surface area contributed by atoms with Crippen molar-refractivity contribution in [2.75, 3.05) is 6.54 Å². The fraction of sp³-hybridized carbons (Fsp3) is 0.556. The Morgan fingerprint density at radius 3 is 2.89 bits per heavy atom. The van der Waals surface area contributed by atoms with Gasteiger partial charge in [-0.15, -0.1) is 0 Å². The standard InChI is InChI=1S/C18H22ClN5O3/c19-13-9-21-5-3-11(13)16(26)23-18-7-10-1-2-14(12(18)8-18)24(10)15(25)4-6-22-17(20)27/h3,5,9-10,12,14H,1-2,4,6-8H2,(H,23,26)(H3,20,22,27)/t10-,12+,14+,18-/m1/s1. The number of rotatable bonds is 5. The number of carbonyl (C=O) groups excluding carboxylic acids is 3. The molecular formula is C18H22ClN5O3. The summed E-state index contributed by atoms with van der Waals surface area (Å²) in [6, 6.07) is 1.27. The molecule has 9 heteroatoms. The Bertz CT molecular complexity index is 803. The Morgan fingerprint density at radius 2 is 2.15 bits per heavy atom. The molecule has 2 bridgehead atoms. The van der Waals surface area contributed by atoms with Crippen LogP contribution in [0.1, 0.15) is 42.5 Å². The SMILES string of the molecule is NC(=O)NCCC(=O)N1[C@@H]2CC[C@H]1[C@@H]1C[C@]1(NC(=O)c1ccncc1Cl)C2. The fourth-order valence-electron chi connectivity index (χ4n) is 4.86. The lowest BCUT2D eigenvalue weighted by Crippen LogP contribution is -2.54. The molecule has 144 valence electrons. The molecule has 2 aliphatic heterocycles. The van der Waals surface area contributed by atoms with Crippen LogP contribution in [0.2, 0.25) is 5.02 Å². The molecule has 1 saturated carbocycles. The molecule has 8 nitrogen and oxygen atoms in total. The van der Waals surface area contributed by atoms with E-state index in [9.17, 15) is 14.4 Å². The first-order chi connectivity index (χ1) is 12.9. The van der Waals surface area contributed by atoms with E-state index in [-0.39, 0.29) is 48.3 Å². The maximum atomic E-state index is 12.7. The molecule has 3 fully saturated rings. The van der Waals surface area contributed by atoms with Crippen molar-refractivity contribution >= 4 is 29.4 Å². The van der Waals surface area contributed by atoms with Crippen LogP contribution in [0.4, 0.5) is 4.79 Å². The Balaban J connectivity index is 1.41. The molecule has 4 atom stereocenters. The van der Waals surface area contributed by atoms with Crippen LogP contribution in [0.5, 0.6) is 0 Å². The highest BCUT2D eigenvalue weighted by Crippen LogP contribution is 2.59. The van der Waals surface area contributed by atoms with Crippen molar-refractivity contribution in [1.82, 2.24) is 20.5 Å². The lowest BCUT2D eigenvalue weighted by Gasteiger charge is -2.39. The van der Waals surface area contributed by atoms with Crippen molar-refractivity contribution in [3.8, 4) is 0 Å². The monoisotopic (exact) mass is 391 g/mol. The number of hydrogen-bond donors (Lipinski definition) is 3. The van der Waals surface area contributed by atoms with Gasteiger partial charge in [0.2, 0.25) is 5.91 Å². The van der Waals surface area contributed by atoms with E-state index in [4.69, 9.17) is 17.3 Å². The quantitative estimate of drug-likeness (QED) is 0.695. The second kappa shape index (κ2) is 6.67. The summed E-state index contributed by atoms with van der Waals surface area (Å²) in [5.74, 6) is 0.129. The largest absolute Gasteiger partial charge is 0.352 e. The average molecular weight is 392 g/mol.